The monoisotopic (exact) mass is 1160 g/mol. The Balaban J connectivity index is 1.74. The highest BCUT2D eigenvalue weighted by molar-refractivity contribution is 5.99. The summed E-state index contributed by atoms with van der Waals surface area (Å²) in [5, 5.41) is 54.6. The highest BCUT2D eigenvalue weighted by atomic mass is 16.4. The topological polar surface area (TPSA) is 551 Å². The highest BCUT2D eigenvalue weighted by Crippen LogP contribution is 2.20. The Morgan fingerprint density at radius 2 is 1.15 bits per heavy atom. The summed E-state index contributed by atoms with van der Waals surface area (Å²) in [6.45, 7) is 4.58. The second-order valence-electron chi connectivity index (χ2n) is 19.8. The first kappa shape index (κ1) is 67.7. The number of guanidine groups is 1. The van der Waals surface area contributed by atoms with Crippen LogP contribution in [0, 0.1) is 0 Å². The minimum atomic E-state index is -1.85. The number of imidazole rings is 1. The molecule has 22 N–H and O–H groups in total. The summed E-state index contributed by atoms with van der Waals surface area (Å²) >= 11 is 0. The van der Waals surface area contributed by atoms with Crippen molar-refractivity contribution in [3.8, 4) is 0 Å². The number of carboxylic acids is 1. The number of H-pyrrole nitrogens is 1. The maximum atomic E-state index is 14.1. The van der Waals surface area contributed by atoms with E-state index >= 15 is 0 Å². The quantitative estimate of drug-likeness (QED) is 0.0173. The zero-order chi connectivity index (χ0) is 61.4. The number of aliphatic carboxylic acids is 1. The van der Waals surface area contributed by atoms with E-state index in [1.165, 1.54) is 33.3 Å². The molecule has 34 nitrogen and oxygen atoms in total. The molecule has 3 rings (SSSR count). The number of primary amides is 2. The Kier molecular flexibility index (Phi) is 27.5. The van der Waals surface area contributed by atoms with Crippen LogP contribution >= 0.6 is 0 Å². The number of nitrogens with two attached hydrogens (primary N) is 4. The van der Waals surface area contributed by atoms with Gasteiger partial charge in [-0.1, -0.05) is 0 Å². The third-order valence-corrected chi connectivity index (χ3v) is 13.1. The van der Waals surface area contributed by atoms with Crippen molar-refractivity contribution in [3.05, 3.63) is 18.2 Å². The maximum Gasteiger partial charge on any atom is 0.326 e. The Hall–Kier alpha value is -8.53. The van der Waals surface area contributed by atoms with Crippen LogP contribution < -0.4 is 76.1 Å². The van der Waals surface area contributed by atoms with Crippen LogP contribution in [-0.4, -0.2) is 212 Å². The number of carboxylic acid groups (broad SMARTS) is 1. The molecule has 2 saturated heterocycles. The first-order chi connectivity index (χ1) is 38.6. The standard InChI is InChI=1S/C48H78N18O16/c1-22(58-44(78)32(20-67)64-40(74)27-8-5-15-54-27)37(71)57-23(2)38(72)61-30(12-14-35(50)70)43(77)65-36(25(4)68)45(79)59-24(3)39(73)60-28(9-6-16-55-48(51)52)41(75)62-29(11-13-34(49)69)42(76)63-31(18-26-19-53-21-56-26)46(80)66-17-7-10-33(66)47(81)82/h19,21-25,27-33,36,54,67-68H,5-18,20H2,1-4H3,(H2,49,69)(H2,50,70)(H,53,56)(H,57,71)(H,58,78)(H,59,79)(H,60,73)(H,61,72)(H,62,75)(H,63,76)(H,64,74)(H,65,77)(H,81,82)(H4,51,52,55)/t22-,23-,24-,25+,27-,28-,29-,30-,31-,32-,33-,36-/m0/s1. The van der Waals surface area contributed by atoms with Gasteiger partial charge in [-0.15, -0.1) is 0 Å². The van der Waals surface area contributed by atoms with Crippen molar-refractivity contribution in [2.75, 3.05) is 26.2 Å². The van der Waals surface area contributed by atoms with Crippen LogP contribution in [0.5, 0.6) is 0 Å². The van der Waals surface area contributed by atoms with Gasteiger partial charge in [0.05, 0.1) is 25.1 Å². The van der Waals surface area contributed by atoms with Gasteiger partial charge in [-0.25, -0.2) is 9.78 Å². The fourth-order valence-corrected chi connectivity index (χ4v) is 8.51. The molecule has 12 atom stereocenters. The molecule has 0 unspecified atom stereocenters. The lowest BCUT2D eigenvalue weighted by Crippen LogP contribution is -2.61. The molecule has 34 heteroatoms. The molecular formula is C48H78N18O16. The second-order valence-corrected chi connectivity index (χ2v) is 19.8. The lowest BCUT2D eigenvalue weighted by Gasteiger charge is -2.29. The van der Waals surface area contributed by atoms with Crippen LogP contribution in [0.1, 0.15) is 97.6 Å². The molecule has 82 heavy (non-hydrogen) atoms. The molecule has 1 aromatic rings. The summed E-state index contributed by atoms with van der Waals surface area (Å²) in [5.41, 5.74) is 22.0. The molecule has 0 aromatic carbocycles. The summed E-state index contributed by atoms with van der Waals surface area (Å²) in [7, 11) is 0. The molecule has 12 amide bonds. The van der Waals surface area contributed by atoms with Crippen molar-refractivity contribution in [3.63, 3.8) is 0 Å². The predicted molar refractivity (Wildman–Crippen MR) is 286 cm³/mol. The molecule has 0 bridgehead atoms. The second kappa shape index (κ2) is 33.3. The highest BCUT2D eigenvalue weighted by Gasteiger charge is 2.40. The number of hydrogen-bond donors (Lipinski definition) is 18. The number of aromatic amines is 1. The van der Waals surface area contributed by atoms with Gasteiger partial charge in [-0.3, -0.25) is 62.5 Å². The largest absolute Gasteiger partial charge is 0.480 e. The molecule has 3 heterocycles. The number of aliphatic hydroxyl groups excluding tert-OH is 2. The number of nitrogens with zero attached hydrogens (tertiary/aromatic N) is 3. The molecular weight excluding hydrogens is 1080 g/mol. The van der Waals surface area contributed by atoms with Gasteiger partial charge in [-0.05, 0) is 85.6 Å². The fourth-order valence-electron chi connectivity index (χ4n) is 8.51. The number of aliphatic imine (C=N–C) groups is 1. The van der Waals surface area contributed by atoms with E-state index < -0.39 is 182 Å². The van der Waals surface area contributed by atoms with Gasteiger partial charge < -0.3 is 101 Å². The van der Waals surface area contributed by atoms with Crippen molar-refractivity contribution in [1.82, 2.24) is 68.0 Å². The molecule has 0 saturated carbocycles. The van der Waals surface area contributed by atoms with Crippen molar-refractivity contribution in [1.29, 1.82) is 0 Å². The van der Waals surface area contributed by atoms with Crippen molar-refractivity contribution in [2.45, 2.75) is 171 Å². The average molecular weight is 1160 g/mol. The summed E-state index contributed by atoms with van der Waals surface area (Å²) in [6.07, 6.45) is 0.631. The number of hydrogen-bond acceptors (Lipinski definition) is 18. The SMILES string of the molecule is C[C@H](NC(=O)[C@H](C)NC(=O)[C@H](CO)NC(=O)[C@@H]1CCCN1)C(=O)N[C@@H](CCC(N)=O)C(=O)N[C@H](C(=O)N[C@@H](C)C(=O)N[C@@H](CCCN=C(N)N)C(=O)N[C@@H](CCC(N)=O)C(=O)N[C@@H](Cc1cnc[nH]1)C(=O)N1CCC[C@H]1C(=O)O)[C@@H](C)O. The van der Waals surface area contributed by atoms with Crippen LogP contribution in [-0.2, 0) is 68.7 Å². The van der Waals surface area contributed by atoms with E-state index in [-0.39, 0.29) is 44.7 Å². The van der Waals surface area contributed by atoms with Gasteiger partial charge in [-0.2, -0.15) is 0 Å². The number of likely N-dealkylation sites (tertiary alicyclic amines) is 1. The Morgan fingerprint density at radius 1 is 0.646 bits per heavy atom. The normalized spacial score (nSPS) is 18.3. The summed E-state index contributed by atoms with van der Waals surface area (Å²) in [4.78, 5) is 182. The van der Waals surface area contributed by atoms with E-state index in [0.717, 1.165) is 18.2 Å². The number of aromatic nitrogens is 2. The van der Waals surface area contributed by atoms with E-state index in [2.05, 4.69) is 68.1 Å². The van der Waals surface area contributed by atoms with Gasteiger partial charge in [0.15, 0.2) is 5.96 Å². The van der Waals surface area contributed by atoms with Crippen LogP contribution in [0.25, 0.3) is 0 Å². The lowest BCUT2D eigenvalue weighted by molar-refractivity contribution is -0.149. The third-order valence-electron chi connectivity index (χ3n) is 13.1. The van der Waals surface area contributed by atoms with E-state index in [1.807, 2.05) is 0 Å². The van der Waals surface area contributed by atoms with Gasteiger partial charge in [0.25, 0.3) is 0 Å². The number of aliphatic hydroxyl groups is 2. The Labute approximate surface area is 470 Å². The Bertz CT molecular complexity index is 2470. The smallest absolute Gasteiger partial charge is 0.326 e. The molecule has 0 aliphatic carbocycles. The predicted octanol–water partition coefficient (Wildman–Crippen LogP) is -8.84. The van der Waals surface area contributed by atoms with Crippen LogP contribution in [0.4, 0.5) is 0 Å². The molecule has 1 aromatic heterocycles. The van der Waals surface area contributed by atoms with Crippen molar-refractivity contribution >= 4 is 82.8 Å². The third kappa shape index (κ3) is 22.2. The number of nitrogens with one attached hydrogen (secondary N) is 11. The average Bonchev–Trinajstić information content (AvgIpc) is 4.28. The van der Waals surface area contributed by atoms with Gasteiger partial charge >= 0.3 is 5.97 Å². The van der Waals surface area contributed by atoms with Gasteiger partial charge in [0, 0.05) is 44.2 Å². The fraction of sp³-hybridized carbons (Fsp3) is 0.646. The Morgan fingerprint density at radius 3 is 1.63 bits per heavy atom. The molecule has 2 aliphatic rings. The summed E-state index contributed by atoms with van der Waals surface area (Å²) in [6, 6.07) is -15.4. The molecule has 456 valence electrons. The molecule has 0 spiro atoms. The minimum absolute atomic E-state index is 0.0367. The number of rotatable bonds is 34. The molecule has 2 fully saturated rings. The van der Waals surface area contributed by atoms with Crippen molar-refractivity contribution in [2.24, 2.45) is 27.9 Å². The zero-order valence-electron chi connectivity index (χ0n) is 46.0. The number of amides is 12. The zero-order valence-corrected chi connectivity index (χ0v) is 46.0. The lowest BCUT2D eigenvalue weighted by atomic mass is 10.0. The summed E-state index contributed by atoms with van der Waals surface area (Å²) < 4.78 is 0. The first-order valence-electron chi connectivity index (χ1n) is 26.5. The van der Waals surface area contributed by atoms with Crippen LogP contribution in [0.3, 0.4) is 0 Å². The van der Waals surface area contributed by atoms with Gasteiger partial charge in [0.1, 0.15) is 60.4 Å². The number of carbonyl (C=O) groups is 13. The summed E-state index contributed by atoms with van der Waals surface area (Å²) in [5.74, 6) is -12.7. The van der Waals surface area contributed by atoms with Crippen LogP contribution in [0.2, 0.25) is 0 Å². The van der Waals surface area contributed by atoms with Crippen LogP contribution in [0.15, 0.2) is 17.5 Å². The van der Waals surface area contributed by atoms with E-state index in [0.29, 0.717) is 25.1 Å². The van der Waals surface area contributed by atoms with E-state index in [4.69, 9.17) is 22.9 Å². The van der Waals surface area contributed by atoms with Gasteiger partial charge in [0.2, 0.25) is 70.9 Å². The van der Waals surface area contributed by atoms with Crippen molar-refractivity contribution < 1.29 is 77.6 Å². The first-order valence-corrected chi connectivity index (χ1v) is 26.5. The number of carbonyl (C=O) groups excluding carboxylic acids is 12. The molecule has 0 radical (unpaired) electrons. The molecule has 2 aliphatic heterocycles. The maximum absolute atomic E-state index is 14.1. The van der Waals surface area contributed by atoms with E-state index in [1.54, 1.807) is 0 Å². The van der Waals surface area contributed by atoms with E-state index in [9.17, 15) is 77.6 Å². The minimum Gasteiger partial charge on any atom is -0.480 e.